The number of thioether (sulfide) groups is 1. The number of pyridine rings is 1. The van der Waals surface area contributed by atoms with Gasteiger partial charge in [-0.2, -0.15) is 13.2 Å². The molecular formula is C24H27ClF3N5S. The molecule has 0 N–H and O–H groups in total. The van der Waals surface area contributed by atoms with E-state index in [4.69, 9.17) is 0 Å². The maximum absolute atomic E-state index is 12.9. The van der Waals surface area contributed by atoms with E-state index >= 15 is 0 Å². The number of fused-ring (bicyclic) bond motifs is 1. The first-order valence-electron chi connectivity index (χ1n) is 11.1. The Hall–Kier alpha value is -2.10. The third kappa shape index (κ3) is 4.70. The van der Waals surface area contributed by atoms with Crippen LogP contribution in [0, 0.1) is 12.8 Å². The van der Waals surface area contributed by atoms with Gasteiger partial charge in [0.1, 0.15) is 0 Å². The van der Waals surface area contributed by atoms with Gasteiger partial charge in [0.05, 0.1) is 5.56 Å². The van der Waals surface area contributed by atoms with Crippen molar-refractivity contribution in [1.29, 1.82) is 0 Å². The summed E-state index contributed by atoms with van der Waals surface area (Å²) in [5, 5.41) is 9.59. The van der Waals surface area contributed by atoms with Gasteiger partial charge in [-0.05, 0) is 62.1 Å². The fraction of sp³-hybridized carbons (Fsp3) is 0.458. The molecule has 1 aliphatic heterocycles. The lowest BCUT2D eigenvalue weighted by Gasteiger charge is -2.21. The number of alkyl halides is 3. The Balaban J connectivity index is 0.00000274. The van der Waals surface area contributed by atoms with Crippen LogP contribution >= 0.6 is 24.2 Å². The number of hydrogen-bond acceptors (Lipinski definition) is 5. The zero-order valence-electron chi connectivity index (χ0n) is 19.0. The molecule has 3 aromatic rings. The molecule has 1 saturated carbocycles. The molecule has 0 amide bonds. The van der Waals surface area contributed by atoms with Crippen molar-refractivity contribution in [3.05, 3.63) is 59.4 Å². The lowest BCUT2D eigenvalue weighted by atomic mass is 9.94. The number of hydrogen-bond donors (Lipinski definition) is 0. The Bertz CT molecular complexity index is 1150. The summed E-state index contributed by atoms with van der Waals surface area (Å²) in [4.78, 5) is 6.79. The fourth-order valence-electron chi connectivity index (χ4n) is 5.04. The number of nitrogens with zero attached hydrogens (tertiary/aromatic N) is 5. The number of piperidine rings is 1. The first-order valence-corrected chi connectivity index (χ1v) is 12.1. The van der Waals surface area contributed by atoms with Crippen molar-refractivity contribution in [2.24, 2.45) is 13.0 Å². The van der Waals surface area contributed by atoms with Crippen LogP contribution in [0.1, 0.15) is 29.7 Å². The van der Waals surface area contributed by atoms with Gasteiger partial charge < -0.3 is 9.47 Å². The fourth-order valence-corrected chi connectivity index (χ4v) is 5.88. The molecule has 2 fully saturated rings. The molecule has 182 valence electrons. The highest BCUT2D eigenvalue weighted by Gasteiger charge is 2.60. The number of likely N-dealkylation sites (tertiary alicyclic amines) is 1. The molecule has 5 nitrogen and oxygen atoms in total. The lowest BCUT2D eigenvalue weighted by Crippen LogP contribution is -2.28. The summed E-state index contributed by atoms with van der Waals surface area (Å²) in [5.74, 6) is 2.32. The van der Waals surface area contributed by atoms with Crippen molar-refractivity contribution in [2.75, 3.05) is 25.4 Å². The van der Waals surface area contributed by atoms with Gasteiger partial charge in [-0.1, -0.05) is 23.9 Å². The number of halogens is 4. The first-order chi connectivity index (χ1) is 15.8. The van der Waals surface area contributed by atoms with Crippen molar-refractivity contribution in [3.63, 3.8) is 0 Å². The summed E-state index contributed by atoms with van der Waals surface area (Å²) in [6, 6.07) is 9.71. The SMILES string of the molecule is Cc1ncccc1-c1nnc(SCCCN2C[C@@H]3C[C@]3(c3ccc(C(F)(F)F)cc3)C2)n1C.Cl. The van der Waals surface area contributed by atoms with Crippen LogP contribution in [0.15, 0.2) is 47.8 Å². The van der Waals surface area contributed by atoms with Gasteiger partial charge in [-0.15, -0.1) is 22.6 Å². The summed E-state index contributed by atoms with van der Waals surface area (Å²) < 4.78 is 40.6. The monoisotopic (exact) mass is 509 g/mol. The minimum absolute atomic E-state index is 0. The van der Waals surface area contributed by atoms with Crippen molar-refractivity contribution >= 4 is 24.2 Å². The molecule has 0 bridgehead atoms. The maximum Gasteiger partial charge on any atom is 0.416 e. The van der Waals surface area contributed by atoms with Crippen molar-refractivity contribution in [2.45, 2.75) is 36.5 Å². The van der Waals surface area contributed by atoms with Crippen LogP contribution in [0.25, 0.3) is 11.4 Å². The smallest absolute Gasteiger partial charge is 0.305 e. The second-order valence-electron chi connectivity index (χ2n) is 9.07. The van der Waals surface area contributed by atoms with Crippen LogP contribution in [-0.2, 0) is 18.6 Å². The molecule has 3 heterocycles. The normalized spacial score (nSPS) is 21.9. The molecule has 0 radical (unpaired) electrons. The summed E-state index contributed by atoms with van der Waals surface area (Å²) in [6.45, 7) is 4.91. The topological polar surface area (TPSA) is 46.8 Å². The summed E-state index contributed by atoms with van der Waals surface area (Å²) >= 11 is 1.70. The molecule has 10 heteroatoms. The summed E-state index contributed by atoms with van der Waals surface area (Å²) in [7, 11) is 1.98. The number of rotatable bonds is 7. The van der Waals surface area contributed by atoms with Crippen LogP contribution in [-0.4, -0.2) is 50.0 Å². The predicted octanol–water partition coefficient (Wildman–Crippen LogP) is 5.38. The van der Waals surface area contributed by atoms with E-state index in [9.17, 15) is 13.2 Å². The van der Waals surface area contributed by atoms with Crippen LogP contribution < -0.4 is 0 Å². The third-order valence-electron chi connectivity index (χ3n) is 6.94. The Morgan fingerprint density at radius 1 is 1.15 bits per heavy atom. The van der Waals surface area contributed by atoms with Gasteiger partial charge in [0.15, 0.2) is 11.0 Å². The Morgan fingerprint density at radius 2 is 1.91 bits per heavy atom. The van der Waals surface area contributed by atoms with Crippen LogP contribution in [0.5, 0.6) is 0 Å². The minimum atomic E-state index is -4.28. The van der Waals surface area contributed by atoms with E-state index in [0.29, 0.717) is 5.92 Å². The molecule has 2 atom stereocenters. The van der Waals surface area contributed by atoms with Crippen LogP contribution in [0.3, 0.4) is 0 Å². The molecule has 5 rings (SSSR count). The Labute approximate surface area is 207 Å². The molecule has 2 aromatic heterocycles. The van der Waals surface area contributed by atoms with Gasteiger partial charge in [0.25, 0.3) is 0 Å². The van der Waals surface area contributed by atoms with E-state index in [-0.39, 0.29) is 17.8 Å². The number of benzene rings is 1. The molecular weight excluding hydrogens is 483 g/mol. The van der Waals surface area contributed by atoms with Crippen molar-refractivity contribution in [1.82, 2.24) is 24.6 Å². The third-order valence-corrected chi connectivity index (χ3v) is 8.04. The van der Waals surface area contributed by atoms with Crippen LogP contribution in [0.2, 0.25) is 0 Å². The highest BCUT2D eigenvalue weighted by Crippen LogP contribution is 2.59. The van der Waals surface area contributed by atoms with Gasteiger partial charge in [-0.3, -0.25) is 4.98 Å². The molecule has 2 aliphatic rings. The van der Waals surface area contributed by atoms with Gasteiger partial charge in [-0.25, -0.2) is 0 Å². The molecule has 0 spiro atoms. The quantitative estimate of drug-likeness (QED) is 0.316. The standard InChI is InChI=1S/C24H26F3N5S.ClH/c1-16-20(5-3-10-28-16)21-29-30-22(31(21)2)33-12-4-11-32-14-19-13-23(19,15-32)17-6-8-18(9-7-17)24(25,26)27;/h3,5-10,19H,4,11-15H2,1-2H3;1H/t19-,23+;/m0./s1. The van der Waals surface area contributed by atoms with Crippen LogP contribution in [0.4, 0.5) is 13.2 Å². The largest absolute Gasteiger partial charge is 0.416 e. The molecule has 0 unspecified atom stereocenters. The van der Waals surface area contributed by atoms with E-state index < -0.39 is 11.7 Å². The maximum atomic E-state index is 12.9. The van der Waals surface area contributed by atoms with Gasteiger partial charge >= 0.3 is 6.18 Å². The molecule has 1 saturated heterocycles. The molecule has 1 aliphatic carbocycles. The van der Waals surface area contributed by atoms with E-state index in [1.165, 1.54) is 12.1 Å². The van der Waals surface area contributed by atoms with E-state index in [1.807, 2.05) is 30.7 Å². The van der Waals surface area contributed by atoms with Crippen molar-refractivity contribution in [3.8, 4) is 11.4 Å². The highest BCUT2D eigenvalue weighted by atomic mass is 35.5. The van der Waals surface area contributed by atoms with E-state index in [2.05, 4.69) is 20.1 Å². The average molecular weight is 510 g/mol. The van der Waals surface area contributed by atoms with Crippen molar-refractivity contribution < 1.29 is 13.2 Å². The second-order valence-corrected chi connectivity index (χ2v) is 10.1. The Morgan fingerprint density at radius 3 is 2.62 bits per heavy atom. The minimum Gasteiger partial charge on any atom is -0.305 e. The second kappa shape index (κ2) is 9.51. The summed E-state index contributed by atoms with van der Waals surface area (Å²) in [6.07, 6.45) is -0.401. The lowest BCUT2D eigenvalue weighted by molar-refractivity contribution is -0.137. The average Bonchev–Trinajstić information content (AvgIpc) is 3.17. The predicted molar refractivity (Wildman–Crippen MR) is 129 cm³/mol. The van der Waals surface area contributed by atoms with Gasteiger partial charge in [0, 0.05) is 48.8 Å². The van der Waals surface area contributed by atoms with E-state index in [0.717, 1.165) is 66.0 Å². The number of aryl methyl sites for hydroxylation is 1. The van der Waals surface area contributed by atoms with Gasteiger partial charge in [0.2, 0.25) is 0 Å². The van der Waals surface area contributed by atoms with E-state index in [1.54, 1.807) is 30.1 Å². The highest BCUT2D eigenvalue weighted by molar-refractivity contribution is 7.99. The number of aromatic nitrogens is 4. The summed E-state index contributed by atoms with van der Waals surface area (Å²) in [5.41, 5.74) is 2.45. The zero-order chi connectivity index (χ0) is 23.2. The first kappa shape index (κ1) is 25.0. The molecule has 1 aromatic carbocycles. The Kier molecular flexibility index (Phi) is 6.99. The zero-order valence-corrected chi connectivity index (χ0v) is 20.7. The molecule has 34 heavy (non-hydrogen) atoms.